The normalized spacial score (nSPS) is 15.9. The van der Waals surface area contributed by atoms with Crippen LogP contribution < -0.4 is 21.3 Å². The molecule has 0 fully saturated rings. The molecule has 0 bridgehead atoms. The molecule has 35 heavy (non-hydrogen) atoms. The maximum Gasteiger partial charge on any atom is 0.305 e. The molecule has 11 nitrogen and oxygen atoms in total. The highest BCUT2D eigenvalue weighted by molar-refractivity contribution is 14.1. The Labute approximate surface area is 219 Å². The first kappa shape index (κ1) is 26.5. The number of hydrogen-bond donors (Lipinski definition) is 7. The number of aliphatic imine (C=N–C) groups is 1. The second kappa shape index (κ2) is 12.0. The summed E-state index contributed by atoms with van der Waals surface area (Å²) in [6.07, 6.45) is -1.04. The SMILES string of the molecule is O=C(O)C[C@H](NC(=O)CNC(=O)c1cccc(NC2=NCC(O)CN2)c1)c1cc(Cl)cc(I)c1O. The molecule has 2 aromatic rings. The van der Waals surface area contributed by atoms with E-state index in [1.165, 1.54) is 12.1 Å². The van der Waals surface area contributed by atoms with Gasteiger partial charge in [0, 0.05) is 28.4 Å². The fourth-order valence-electron chi connectivity index (χ4n) is 3.26. The van der Waals surface area contributed by atoms with E-state index in [1.54, 1.807) is 24.3 Å². The highest BCUT2D eigenvalue weighted by atomic mass is 127. The summed E-state index contributed by atoms with van der Waals surface area (Å²) in [6, 6.07) is 8.36. The molecule has 1 aliphatic heterocycles. The van der Waals surface area contributed by atoms with E-state index in [9.17, 15) is 29.7 Å². The van der Waals surface area contributed by atoms with Crippen LogP contribution in [0.1, 0.15) is 28.4 Å². The van der Waals surface area contributed by atoms with Gasteiger partial charge in [-0.25, -0.2) is 0 Å². The molecule has 2 atom stereocenters. The number of aliphatic hydroxyl groups excluding tert-OH is 1. The van der Waals surface area contributed by atoms with Crippen molar-refractivity contribution < 1.29 is 29.7 Å². The molecule has 3 rings (SSSR count). The van der Waals surface area contributed by atoms with Gasteiger partial charge in [0.25, 0.3) is 5.91 Å². The largest absolute Gasteiger partial charge is 0.506 e. The molecule has 7 N–H and O–H groups in total. The van der Waals surface area contributed by atoms with Gasteiger partial charge in [-0.1, -0.05) is 17.7 Å². The highest BCUT2D eigenvalue weighted by Gasteiger charge is 2.23. The van der Waals surface area contributed by atoms with Gasteiger partial charge in [-0.3, -0.25) is 19.4 Å². The van der Waals surface area contributed by atoms with Crippen molar-refractivity contribution in [3.63, 3.8) is 0 Å². The second-order valence-corrected chi connectivity index (χ2v) is 9.25. The molecule has 0 spiro atoms. The Morgan fingerprint density at radius 2 is 2.03 bits per heavy atom. The molecule has 0 saturated heterocycles. The zero-order valence-electron chi connectivity index (χ0n) is 18.2. The van der Waals surface area contributed by atoms with Crippen molar-refractivity contribution in [1.29, 1.82) is 0 Å². The molecule has 2 amide bonds. The van der Waals surface area contributed by atoms with E-state index < -0.39 is 42.9 Å². The second-order valence-electron chi connectivity index (χ2n) is 7.66. The van der Waals surface area contributed by atoms with Gasteiger partial charge in [-0.15, -0.1) is 0 Å². The number of benzene rings is 2. The molecule has 2 aromatic carbocycles. The number of nitrogens with one attached hydrogen (secondary N) is 4. The van der Waals surface area contributed by atoms with Crippen molar-refractivity contribution in [2.75, 3.05) is 25.0 Å². The number of guanidine groups is 1. The van der Waals surface area contributed by atoms with Crippen molar-refractivity contribution in [2.24, 2.45) is 4.99 Å². The van der Waals surface area contributed by atoms with Crippen molar-refractivity contribution in [2.45, 2.75) is 18.6 Å². The lowest BCUT2D eigenvalue weighted by Gasteiger charge is -2.20. The topological polar surface area (TPSA) is 172 Å². The molecule has 1 aliphatic rings. The first-order valence-corrected chi connectivity index (χ1v) is 11.9. The van der Waals surface area contributed by atoms with Crippen LogP contribution in [0.15, 0.2) is 41.4 Å². The van der Waals surface area contributed by atoms with E-state index >= 15 is 0 Å². The third-order valence-electron chi connectivity index (χ3n) is 4.91. The van der Waals surface area contributed by atoms with Gasteiger partial charge < -0.3 is 36.6 Å². The van der Waals surface area contributed by atoms with Crippen LogP contribution in [-0.2, 0) is 9.59 Å². The summed E-state index contributed by atoms with van der Waals surface area (Å²) in [4.78, 5) is 40.5. The van der Waals surface area contributed by atoms with Crippen molar-refractivity contribution in [1.82, 2.24) is 16.0 Å². The Hall–Kier alpha value is -3.10. The maximum absolute atomic E-state index is 12.6. The Morgan fingerprint density at radius 1 is 1.26 bits per heavy atom. The average Bonchev–Trinajstić information content (AvgIpc) is 2.81. The van der Waals surface area contributed by atoms with Crippen LogP contribution in [0.25, 0.3) is 0 Å². The standard InChI is InChI=1S/C22H23ClIN5O6/c23-12-5-15(20(34)16(24)6-12)17(7-19(32)33)29-18(31)10-25-21(35)11-2-1-3-13(4-11)28-22-26-8-14(30)9-27-22/h1-6,14,17,30,34H,7-10H2,(H,25,35)(H,29,31)(H,32,33)(H2,26,27,28)/t17-/m0/s1. The predicted octanol–water partition coefficient (Wildman–Crippen LogP) is 1.44. The molecule has 0 aliphatic carbocycles. The van der Waals surface area contributed by atoms with Crippen LogP contribution in [0.5, 0.6) is 5.75 Å². The molecule has 186 valence electrons. The van der Waals surface area contributed by atoms with E-state index in [1.807, 2.05) is 22.6 Å². The molecule has 13 heteroatoms. The number of aliphatic carboxylic acids is 1. The lowest BCUT2D eigenvalue weighted by molar-refractivity contribution is -0.137. The van der Waals surface area contributed by atoms with E-state index in [4.69, 9.17) is 11.6 Å². The number of carbonyl (C=O) groups excluding carboxylic acids is 2. The number of anilines is 1. The van der Waals surface area contributed by atoms with E-state index in [2.05, 4.69) is 26.3 Å². The highest BCUT2D eigenvalue weighted by Crippen LogP contribution is 2.34. The van der Waals surface area contributed by atoms with E-state index in [0.29, 0.717) is 21.8 Å². The lowest BCUT2D eigenvalue weighted by Crippen LogP contribution is -2.42. The summed E-state index contributed by atoms with van der Waals surface area (Å²) in [5.41, 5.74) is 1.02. The maximum atomic E-state index is 12.6. The number of hydrogen-bond acceptors (Lipinski definition) is 8. The number of amides is 2. The number of phenolic OH excluding ortho intramolecular Hbond substituents is 1. The van der Waals surface area contributed by atoms with Crippen LogP contribution in [0.2, 0.25) is 5.02 Å². The van der Waals surface area contributed by atoms with Crippen LogP contribution in [0.4, 0.5) is 5.69 Å². The summed E-state index contributed by atoms with van der Waals surface area (Å²) in [7, 11) is 0. The molecule has 0 saturated carbocycles. The monoisotopic (exact) mass is 615 g/mol. The van der Waals surface area contributed by atoms with Gasteiger partial charge in [0.1, 0.15) is 5.75 Å². The predicted molar refractivity (Wildman–Crippen MR) is 138 cm³/mol. The van der Waals surface area contributed by atoms with Gasteiger partial charge >= 0.3 is 5.97 Å². The van der Waals surface area contributed by atoms with E-state index in [-0.39, 0.29) is 28.4 Å². The number of rotatable bonds is 8. The zero-order valence-corrected chi connectivity index (χ0v) is 21.1. The summed E-state index contributed by atoms with van der Waals surface area (Å²) in [6.45, 7) is 0.201. The Balaban J connectivity index is 1.62. The Bertz CT molecular complexity index is 1160. The van der Waals surface area contributed by atoms with Crippen LogP contribution in [-0.4, -0.2) is 64.8 Å². The van der Waals surface area contributed by atoms with Crippen molar-refractivity contribution in [3.05, 3.63) is 56.1 Å². The van der Waals surface area contributed by atoms with Gasteiger partial charge in [-0.05, 0) is 52.9 Å². The van der Waals surface area contributed by atoms with Crippen LogP contribution in [0.3, 0.4) is 0 Å². The van der Waals surface area contributed by atoms with Gasteiger partial charge in [0.05, 0.1) is 35.2 Å². The number of phenols is 1. The number of carbonyl (C=O) groups is 3. The van der Waals surface area contributed by atoms with Gasteiger partial charge in [0.15, 0.2) is 5.96 Å². The molecule has 1 unspecified atom stereocenters. The molecular formula is C22H23ClIN5O6. The number of carboxylic acids is 1. The first-order valence-electron chi connectivity index (χ1n) is 10.4. The first-order chi connectivity index (χ1) is 16.6. The Kier molecular flexibility index (Phi) is 9.12. The molecule has 0 radical (unpaired) electrons. The Morgan fingerprint density at radius 3 is 2.71 bits per heavy atom. The number of halogens is 2. The summed E-state index contributed by atoms with van der Waals surface area (Å²) < 4.78 is 0.405. The number of aliphatic hydroxyl groups is 1. The average molecular weight is 616 g/mol. The van der Waals surface area contributed by atoms with Crippen LogP contribution in [0, 0.1) is 3.57 Å². The summed E-state index contributed by atoms with van der Waals surface area (Å²) >= 11 is 7.88. The van der Waals surface area contributed by atoms with E-state index in [0.717, 1.165) is 0 Å². The minimum atomic E-state index is -1.19. The number of β-amino-alcohol motifs (C(OH)–C–C–N with tert-alkyl or cyclic N) is 1. The number of nitrogens with zero attached hydrogens (tertiary/aromatic N) is 1. The molecule has 0 aromatic heterocycles. The fourth-order valence-corrected chi connectivity index (χ4v) is 4.32. The molecule has 1 heterocycles. The fraction of sp³-hybridized carbons (Fsp3) is 0.273. The third kappa shape index (κ3) is 7.70. The number of carboxylic acid groups (broad SMARTS) is 1. The smallest absolute Gasteiger partial charge is 0.305 e. The third-order valence-corrected chi connectivity index (χ3v) is 5.95. The lowest BCUT2D eigenvalue weighted by atomic mass is 10.0. The molecular weight excluding hydrogens is 593 g/mol. The minimum absolute atomic E-state index is 0.162. The quantitative estimate of drug-likeness (QED) is 0.219. The van der Waals surface area contributed by atoms with Gasteiger partial charge in [-0.2, -0.15) is 0 Å². The number of aromatic hydroxyl groups is 1. The minimum Gasteiger partial charge on any atom is -0.506 e. The zero-order chi connectivity index (χ0) is 25.5. The summed E-state index contributed by atoms with van der Waals surface area (Å²) in [5, 5.41) is 40.3. The summed E-state index contributed by atoms with van der Waals surface area (Å²) in [5.74, 6) is -2.07. The van der Waals surface area contributed by atoms with Crippen molar-refractivity contribution >= 4 is 63.6 Å². The van der Waals surface area contributed by atoms with Gasteiger partial charge in [0.2, 0.25) is 5.91 Å². The van der Waals surface area contributed by atoms with Crippen LogP contribution >= 0.6 is 34.2 Å². The van der Waals surface area contributed by atoms with Crippen molar-refractivity contribution in [3.8, 4) is 5.75 Å².